The number of carboxylic acids is 1. The fourth-order valence-electron chi connectivity index (χ4n) is 19.4. The number of ether oxygens (including phenoxy) is 1. The van der Waals surface area contributed by atoms with Crippen LogP contribution in [-0.2, 0) is 9.59 Å². The van der Waals surface area contributed by atoms with Crippen molar-refractivity contribution >= 4 is 141 Å². The Morgan fingerprint density at radius 1 is 0.468 bits per heavy atom. The summed E-state index contributed by atoms with van der Waals surface area (Å²) in [6.45, 7) is 14.3. The molecule has 12 aromatic carbocycles. The summed E-state index contributed by atoms with van der Waals surface area (Å²) in [6.07, 6.45) is 4.98. The van der Waals surface area contributed by atoms with Crippen molar-refractivity contribution in [2.75, 3.05) is 0 Å². The molecule has 0 fully saturated rings. The molecule has 2 atom stereocenters. The third-order valence-electron chi connectivity index (χ3n) is 23.4. The summed E-state index contributed by atoms with van der Waals surface area (Å²) in [5.41, 5.74) is 14.9. The highest BCUT2D eigenvalue weighted by Gasteiger charge is 2.60. The molecule has 11 nitrogen and oxygen atoms in total. The largest absolute Gasteiger partial charge is 0.737 e. The third kappa shape index (κ3) is 11.4. The summed E-state index contributed by atoms with van der Waals surface area (Å²) in [5.74, 6) is -1.02. The average molecular weight is 1450 g/mol. The predicted octanol–water partition coefficient (Wildman–Crippen LogP) is 21.9. The van der Waals surface area contributed by atoms with Crippen molar-refractivity contribution in [2.45, 2.75) is 134 Å². The number of aromatic nitrogens is 2. The molecule has 0 saturated heterocycles. The first-order valence-corrected chi connectivity index (χ1v) is 37.4. The van der Waals surface area contributed by atoms with Crippen LogP contribution in [0, 0.1) is 55.4 Å². The van der Waals surface area contributed by atoms with Gasteiger partial charge in [-0.3, -0.25) is 19.2 Å². The molecule has 109 heavy (non-hydrogen) atoms. The van der Waals surface area contributed by atoms with Gasteiger partial charge in [-0.15, -0.1) is 0 Å². The van der Waals surface area contributed by atoms with Crippen molar-refractivity contribution in [1.82, 2.24) is 8.96 Å². The lowest BCUT2D eigenvalue weighted by molar-refractivity contribution is -0.463. The zero-order valence-corrected chi connectivity index (χ0v) is 63.1. The van der Waals surface area contributed by atoms with Crippen LogP contribution in [0.3, 0.4) is 0 Å². The first kappa shape index (κ1) is 71.5. The van der Waals surface area contributed by atoms with Gasteiger partial charge in [-0.05, 0) is 266 Å². The number of Topliss-reactive ketones (excluding diaryl/α,β-unsaturated/α-hetero) is 2. The maximum atomic E-state index is 16.2. The highest BCUT2D eigenvalue weighted by Crippen LogP contribution is 2.51. The van der Waals surface area contributed by atoms with Crippen LogP contribution in [-0.4, -0.2) is 83.1 Å². The highest BCUT2D eigenvalue weighted by atomic mass is 19.3. The number of hydrogen-bond donors (Lipinski definition) is 2. The second-order valence-electron chi connectivity index (χ2n) is 30.6. The van der Waals surface area contributed by atoms with Crippen molar-refractivity contribution in [1.29, 1.82) is 0 Å². The van der Waals surface area contributed by atoms with Crippen molar-refractivity contribution in [2.24, 2.45) is 0 Å². The molecule has 18 rings (SSSR count). The normalized spacial score (nSPS) is 16.3. The van der Waals surface area contributed by atoms with E-state index in [1.165, 1.54) is 61.0 Å². The quantitative estimate of drug-likeness (QED) is 0.0223. The number of esters is 1. The van der Waals surface area contributed by atoms with Crippen molar-refractivity contribution in [3.05, 3.63) is 277 Å². The van der Waals surface area contributed by atoms with Gasteiger partial charge in [0.15, 0.2) is 17.3 Å². The van der Waals surface area contributed by atoms with E-state index in [2.05, 4.69) is 91.0 Å². The van der Waals surface area contributed by atoms with Crippen molar-refractivity contribution in [3.63, 3.8) is 0 Å². The molecule has 0 amide bonds. The number of phenolic OH excluding ortho intramolecular Hbond substituents is 1. The molecule has 546 valence electrons. The van der Waals surface area contributed by atoms with Gasteiger partial charge in [0.1, 0.15) is 29.0 Å². The molecule has 0 saturated carbocycles. The number of carbonyl (C=O) groups excluding carboxylic acids is 3. The first-order chi connectivity index (χ1) is 52.1. The summed E-state index contributed by atoms with van der Waals surface area (Å²) in [4.78, 5) is 50.5. The maximum Gasteiger partial charge on any atom is 0.737 e. The molecule has 0 bridgehead atoms. The lowest BCUT2D eigenvalue weighted by Gasteiger charge is -2.42. The van der Waals surface area contributed by atoms with E-state index in [1.807, 2.05) is 134 Å². The molecular formula is C92H82B2F4N4O7. The molecule has 2 aromatic heterocycles. The summed E-state index contributed by atoms with van der Waals surface area (Å²) in [7, 11) is 0. The van der Waals surface area contributed by atoms with Gasteiger partial charge in [-0.25, -0.2) is 0 Å². The SMILES string of the molecule is CC1=CC(C)=[N+]2C1=C(c1c(C)cc(O)cc1C)c1c(C)cc(C)n1[B-]2(F)F.CC1=CC(C)=[N+]2C1C(c1c(C)cc(OC(=O)CCCC(=O)c3ccc4c5cccc6cccc(c7cccc3c74)c65)cc1C)c1c(C)cc(C)n1[B-]2(F)F.O=C(O)CCCC(=O)c1ccc2c3cccc4cccc(c5cccc1c52)c43. The maximum absolute atomic E-state index is 16.2. The van der Waals surface area contributed by atoms with Gasteiger partial charge in [0.2, 0.25) is 0 Å². The van der Waals surface area contributed by atoms with Gasteiger partial charge in [0.05, 0.1) is 11.5 Å². The molecule has 2 N–H and O–H groups in total. The third-order valence-corrected chi connectivity index (χ3v) is 23.4. The van der Waals surface area contributed by atoms with Crippen LogP contribution in [0.2, 0.25) is 0 Å². The van der Waals surface area contributed by atoms with E-state index in [9.17, 15) is 24.3 Å². The van der Waals surface area contributed by atoms with E-state index in [1.54, 1.807) is 39.8 Å². The van der Waals surface area contributed by atoms with Gasteiger partial charge >= 0.3 is 25.9 Å². The lowest BCUT2D eigenvalue weighted by atomic mass is 9.73. The fraction of sp³-hybridized carbons (Fsp3) is 0.217. The number of aromatic hydroxyl groups is 1. The van der Waals surface area contributed by atoms with Crippen LogP contribution >= 0.6 is 0 Å². The van der Waals surface area contributed by atoms with E-state index in [-0.39, 0.29) is 48.9 Å². The number of aryl methyl sites for hydroxylation is 8. The summed E-state index contributed by atoms with van der Waals surface area (Å²) >= 11 is 0. The number of ketones is 2. The Morgan fingerprint density at radius 2 is 0.917 bits per heavy atom. The van der Waals surface area contributed by atoms with Crippen molar-refractivity contribution < 1.29 is 60.4 Å². The Morgan fingerprint density at radius 3 is 1.42 bits per heavy atom. The van der Waals surface area contributed by atoms with Crippen LogP contribution in [0.5, 0.6) is 11.5 Å². The van der Waals surface area contributed by atoms with Crippen LogP contribution in [0.15, 0.2) is 199 Å². The molecule has 0 aliphatic carbocycles. The Labute approximate surface area is 628 Å². The van der Waals surface area contributed by atoms with E-state index in [4.69, 9.17) is 9.84 Å². The minimum atomic E-state index is -4.03. The number of aliphatic carboxylic acids is 1. The van der Waals surface area contributed by atoms with E-state index < -0.39 is 31.9 Å². The molecule has 4 aliphatic heterocycles. The van der Waals surface area contributed by atoms with E-state index in [0.717, 1.165) is 104 Å². The molecule has 17 heteroatoms. The number of fused-ring (bicyclic) bond motifs is 8. The number of benzene rings is 12. The molecule has 0 spiro atoms. The summed E-state index contributed by atoms with van der Waals surface area (Å²) in [6, 6.07) is 55.9. The van der Waals surface area contributed by atoms with Crippen LogP contribution in [0.4, 0.5) is 17.3 Å². The van der Waals surface area contributed by atoms with Crippen LogP contribution in [0.1, 0.15) is 160 Å². The van der Waals surface area contributed by atoms with E-state index >= 15 is 17.3 Å². The molecule has 14 aromatic rings. The zero-order valence-electron chi connectivity index (χ0n) is 63.1. The van der Waals surface area contributed by atoms with Crippen LogP contribution < -0.4 is 4.74 Å². The van der Waals surface area contributed by atoms with Gasteiger partial charge in [0.25, 0.3) is 0 Å². The lowest BCUT2D eigenvalue weighted by Crippen LogP contribution is -2.59. The molecule has 0 radical (unpaired) electrons. The minimum Gasteiger partial charge on any atom is -0.508 e. The van der Waals surface area contributed by atoms with Crippen LogP contribution in [0.25, 0.3) is 91.8 Å². The standard InChI is InChI=1S/C46H41BF2N2O3.C25H18O3.C21H23BF2N2O/c1-25-23-32(24-26(2)41(25)44-45-27(3)21-29(5)50(45)47(48,49)51-30(6)22-28(4)46(44)51)54-40(53)18-10-17-39(52)33-19-20-38-36-14-8-12-31-11-7-13-35(42(31)36)37-16-9-15-34(33)43(37)38;26-22(11-4-12-23(27)28)16-13-14-21-19-8-2-6-15-5-1-7-18(24(15)19)20-10-3-9-17(16)25(20)21;1-11-9-17(27)10-12(2)18(11)19-20-13(3)7-15(5)25(20)22(23,24)26-16(6)8-14(4)21(19)26/h7-9,11-16,19-24,44-45H,10,17-18H2,1-6H3;1-3,5-10,13-14H,4,11-12H2,(H,27,28);7-10,27H,1-6H3. The second kappa shape index (κ2) is 26.6. The van der Waals surface area contributed by atoms with Gasteiger partial charge in [0, 0.05) is 79.8 Å². The van der Waals surface area contributed by atoms with E-state index in [0.29, 0.717) is 69.6 Å². The second-order valence-corrected chi connectivity index (χ2v) is 30.6. The smallest absolute Gasteiger partial charge is 0.508 e. The number of hydrogen-bond acceptors (Lipinski definition) is 6. The fourth-order valence-corrected chi connectivity index (χ4v) is 19.4. The Kier molecular flexibility index (Phi) is 17.5. The first-order valence-electron chi connectivity index (χ1n) is 37.4. The van der Waals surface area contributed by atoms with Crippen molar-refractivity contribution in [3.8, 4) is 11.5 Å². The number of carbonyl (C=O) groups is 4. The topological polar surface area (TPSA) is 134 Å². The number of allylic oxidation sites excluding steroid dienone is 3. The number of nitrogens with zero attached hydrogens (tertiary/aromatic N) is 4. The Bertz CT molecular complexity index is 6360. The monoisotopic (exact) mass is 1450 g/mol. The molecule has 4 aliphatic rings. The summed E-state index contributed by atoms with van der Waals surface area (Å²) in [5, 5.41) is 37.1. The highest BCUT2D eigenvalue weighted by molar-refractivity contribution is 6.58. The summed E-state index contributed by atoms with van der Waals surface area (Å²) < 4.78 is 74.5. The molecule has 2 unspecified atom stereocenters. The number of halogens is 4. The number of phenols is 1. The molecule has 6 heterocycles. The minimum absolute atomic E-state index is 0.00187. The average Bonchev–Trinajstić information content (AvgIpc) is 1.54. The number of rotatable bonds is 13. The predicted molar refractivity (Wildman–Crippen MR) is 434 cm³/mol. The molecular weight excluding hydrogens is 1370 g/mol. The zero-order chi connectivity index (χ0) is 76.9. The van der Waals surface area contributed by atoms with Gasteiger partial charge < -0.3 is 50.1 Å². The Balaban J connectivity index is 0.000000138. The van der Waals surface area contributed by atoms with Gasteiger partial charge in [-0.2, -0.15) is 0 Å². The Hall–Kier alpha value is -11.7. The van der Waals surface area contributed by atoms with Gasteiger partial charge in [-0.1, -0.05) is 133 Å². The number of carboxylic acid groups (broad SMARTS) is 1.